The number of pyridine rings is 1. The van der Waals surface area contributed by atoms with E-state index in [9.17, 15) is 18.0 Å². The van der Waals surface area contributed by atoms with Crippen LogP contribution in [0.25, 0.3) is 10.9 Å². The fraction of sp³-hybridized carbons (Fsp3) is 0.385. The van der Waals surface area contributed by atoms with Crippen molar-refractivity contribution < 1.29 is 17.9 Å². The molecule has 0 saturated carbocycles. The van der Waals surface area contributed by atoms with Crippen LogP contribution in [0.15, 0.2) is 59.4 Å². The average Bonchev–Trinajstić information content (AvgIpc) is 2.89. The summed E-state index contributed by atoms with van der Waals surface area (Å²) in [5, 5.41) is 0.857. The number of hydrogen-bond donors (Lipinski definition) is 2. The number of carbonyl (C=O) groups excluding carboxylic acids is 1. The predicted octanol–water partition coefficient (Wildman–Crippen LogP) is 2.48. The first-order valence-corrected chi connectivity index (χ1v) is 13.6. The van der Waals surface area contributed by atoms with Gasteiger partial charge in [-0.2, -0.15) is 12.7 Å². The van der Waals surface area contributed by atoms with Gasteiger partial charge < -0.3 is 9.72 Å². The summed E-state index contributed by atoms with van der Waals surface area (Å²) < 4.78 is 37.1. The van der Waals surface area contributed by atoms with Crippen molar-refractivity contribution in [1.82, 2.24) is 18.9 Å². The fourth-order valence-electron chi connectivity index (χ4n) is 5.47. The van der Waals surface area contributed by atoms with E-state index in [0.717, 1.165) is 22.9 Å². The lowest BCUT2D eigenvalue weighted by atomic mass is 9.87. The molecule has 3 heterocycles. The monoisotopic (exact) mass is 510 g/mol. The first-order valence-electron chi connectivity index (χ1n) is 12.2. The largest absolute Gasteiger partial charge is 0.379 e. The van der Waals surface area contributed by atoms with E-state index in [-0.39, 0.29) is 17.7 Å². The van der Waals surface area contributed by atoms with Crippen molar-refractivity contribution in [2.24, 2.45) is 0 Å². The number of benzene rings is 2. The molecule has 3 aromatic rings. The molecule has 2 fully saturated rings. The lowest BCUT2D eigenvalue weighted by molar-refractivity contribution is -0.0916. The van der Waals surface area contributed by atoms with Crippen molar-refractivity contribution in [3.63, 3.8) is 0 Å². The number of aromatic nitrogens is 1. The third-order valence-electron chi connectivity index (χ3n) is 7.14. The summed E-state index contributed by atoms with van der Waals surface area (Å²) in [6.45, 7) is 4.25. The van der Waals surface area contributed by atoms with Gasteiger partial charge in [0.2, 0.25) is 5.56 Å². The van der Waals surface area contributed by atoms with Gasteiger partial charge in [-0.15, -0.1) is 0 Å². The number of H-pyrrole nitrogens is 1. The van der Waals surface area contributed by atoms with Crippen molar-refractivity contribution >= 4 is 27.0 Å². The number of amides is 1. The Bertz CT molecular complexity index is 1430. The lowest BCUT2D eigenvalue weighted by Gasteiger charge is -2.53. The van der Waals surface area contributed by atoms with E-state index in [0.29, 0.717) is 44.7 Å². The Labute approximate surface area is 210 Å². The van der Waals surface area contributed by atoms with Crippen molar-refractivity contribution in [1.29, 1.82) is 0 Å². The third-order valence-corrected chi connectivity index (χ3v) is 8.65. The molecule has 2 N–H and O–H groups in total. The molecular formula is C26H30N4O5S. The smallest absolute Gasteiger partial charge is 0.305 e. The zero-order chi connectivity index (χ0) is 25.3. The summed E-state index contributed by atoms with van der Waals surface area (Å²) >= 11 is 0. The van der Waals surface area contributed by atoms with Gasteiger partial charge in [-0.3, -0.25) is 14.5 Å². The number of aryl methyl sites for hydroxylation is 1. The SMILES string of the molecule is Cc1cc(=O)[nH]c2ccc(C3(N4CCOCC4)CCCCN3S(=O)(=O)NC(=O)c3ccccc3)cc12. The Morgan fingerprint density at radius 1 is 1.03 bits per heavy atom. The molecule has 1 unspecified atom stereocenters. The van der Waals surface area contributed by atoms with E-state index < -0.39 is 21.8 Å². The number of nitrogens with one attached hydrogen (secondary N) is 2. The van der Waals surface area contributed by atoms with Gasteiger partial charge in [0.25, 0.3) is 5.91 Å². The zero-order valence-corrected chi connectivity index (χ0v) is 21.0. The van der Waals surface area contributed by atoms with E-state index in [2.05, 4.69) is 14.6 Å². The van der Waals surface area contributed by atoms with E-state index in [1.807, 2.05) is 25.1 Å². The minimum atomic E-state index is -4.21. The molecular weight excluding hydrogens is 480 g/mol. The highest BCUT2D eigenvalue weighted by molar-refractivity contribution is 7.87. The molecule has 10 heteroatoms. The molecule has 2 aliphatic rings. The first-order chi connectivity index (χ1) is 17.3. The summed E-state index contributed by atoms with van der Waals surface area (Å²) in [5.41, 5.74) is 1.42. The number of piperidine rings is 1. The van der Waals surface area contributed by atoms with Crippen LogP contribution >= 0.6 is 0 Å². The van der Waals surface area contributed by atoms with Gasteiger partial charge in [0.05, 0.1) is 13.2 Å². The van der Waals surface area contributed by atoms with Crippen LogP contribution < -0.4 is 10.3 Å². The van der Waals surface area contributed by atoms with E-state index in [4.69, 9.17) is 4.74 Å². The van der Waals surface area contributed by atoms with Crippen LogP contribution in [0.3, 0.4) is 0 Å². The number of carbonyl (C=O) groups is 1. The summed E-state index contributed by atoms with van der Waals surface area (Å²) in [7, 11) is -4.21. The Morgan fingerprint density at radius 2 is 1.78 bits per heavy atom. The van der Waals surface area contributed by atoms with Gasteiger partial charge in [0.1, 0.15) is 5.66 Å². The molecule has 0 radical (unpaired) electrons. The molecule has 1 atom stereocenters. The molecule has 36 heavy (non-hydrogen) atoms. The Morgan fingerprint density at radius 3 is 2.53 bits per heavy atom. The number of aromatic amines is 1. The van der Waals surface area contributed by atoms with Crippen LogP contribution in [0.2, 0.25) is 0 Å². The second kappa shape index (κ2) is 9.78. The van der Waals surface area contributed by atoms with Crippen LogP contribution in [-0.2, 0) is 20.6 Å². The highest BCUT2D eigenvalue weighted by Gasteiger charge is 2.51. The van der Waals surface area contributed by atoms with E-state index in [1.165, 1.54) is 4.31 Å². The minimum Gasteiger partial charge on any atom is -0.379 e. The fourth-order valence-corrected chi connectivity index (χ4v) is 7.01. The van der Waals surface area contributed by atoms with Crippen molar-refractivity contribution in [2.75, 3.05) is 32.8 Å². The van der Waals surface area contributed by atoms with Crippen molar-refractivity contribution in [2.45, 2.75) is 31.8 Å². The Hall–Kier alpha value is -3.05. The topological polar surface area (TPSA) is 112 Å². The van der Waals surface area contributed by atoms with Gasteiger partial charge in [-0.05, 0) is 61.6 Å². The summed E-state index contributed by atoms with van der Waals surface area (Å²) in [4.78, 5) is 29.9. The molecule has 0 bridgehead atoms. The number of morpholine rings is 1. The number of fused-ring (bicyclic) bond motifs is 1. The molecule has 190 valence electrons. The molecule has 1 amide bonds. The summed E-state index contributed by atoms with van der Waals surface area (Å²) in [6, 6.07) is 15.6. The molecule has 2 saturated heterocycles. The predicted molar refractivity (Wildman–Crippen MR) is 137 cm³/mol. The normalized spacial score (nSPS) is 21.9. The molecule has 0 aliphatic carbocycles. The Kier molecular flexibility index (Phi) is 6.69. The van der Waals surface area contributed by atoms with E-state index >= 15 is 0 Å². The molecule has 2 aromatic carbocycles. The molecule has 2 aliphatic heterocycles. The molecule has 5 rings (SSSR count). The zero-order valence-electron chi connectivity index (χ0n) is 20.2. The first kappa shape index (κ1) is 24.6. The summed E-state index contributed by atoms with van der Waals surface area (Å²) in [5.74, 6) is -0.663. The number of hydrogen-bond acceptors (Lipinski definition) is 6. The number of rotatable bonds is 5. The minimum absolute atomic E-state index is 0.180. The van der Waals surface area contributed by atoms with E-state index in [1.54, 1.807) is 36.4 Å². The van der Waals surface area contributed by atoms with Crippen LogP contribution in [0.1, 0.15) is 40.7 Å². The lowest BCUT2D eigenvalue weighted by Crippen LogP contribution is -2.65. The third kappa shape index (κ3) is 4.45. The van der Waals surface area contributed by atoms with Gasteiger partial charge in [0.15, 0.2) is 0 Å². The van der Waals surface area contributed by atoms with Gasteiger partial charge in [-0.1, -0.05) is 24.3 Å². The van der Waals surface area contributed by atoms with Gasteiger partial charge >= 0.3 is 10.2 Å². The highest BCUT2D eigenvalue weighted by Crippen LogP contribution is 2.43. The second-order valence-electron chi connectivity index (χ2n) is 9.32. The number of ether oxygens (including phenoxy) is 1. The van der Waals surface area contributed by atoms with Crippen molar-refractivity contribution in [3.8, 4) is 0 Å². The van der Waals surface area contributed by atoms with Crippen LogP contribution in [0.5, 0.6) is 0 Å². The standard InChI is InChI=1S/C26H30N4O5S/c1-19-17-24(31)27-23-10-9-21(18-22(19)23)26(29-13-15-35-16-14-29)11-5-6-12-30(26)36(33,34)28-25(32)20-7-3-2-4-8-20/h2-4,7-10,17-18H,5-6,11-16H2,1H3,(H,27,31)(H,28,32). The van der Waals surface area contributed by atoms with Gasteiger partial charge in [0, 0.05) is 42.2 Å². The summed E-state index contributed by atoms with van der Waals surface area (Å²) in [6.07, 6.45) is 2.09. The number of nitrogens with zero attached hydrogens (tertiary/aromatic N) is 2. The average molecular weight is 511 g/mol. The molecule has 9 nitrogen and oxygen atoms in total. The van der Waals surface area contributed by atoms with Crippen molar-refractivity contribution in [3.05, 3.63) is 81.6 Å². The maximum atomic E-state index is 13.9. The quantitative estimate of drug-likeness (QED) is 0.546. The van der Waals surface area contributed by atoms with Crippen LogP contribution in [0, 0.1) is 6.92 Å². The van der Waals surface area contributed by atoms with Crippen LogP contribution in [0.4, 0.5) is 0 Å². The maximum absolute atomic E-state index is 13.9. The van der Waals surface area contributed by atoms with Gasteiger partial charge in [-0.25, -0.2) is 4.72 Å². The van der Waals surface area contributed by atoms with Crippen LogP contribution in [-0.4, -0.2) is 61.4 Å². The Balaban J connectivity index is 1.63. The molecule has 1 aromatic heterocycles. The highest BCUT2D eigenvalue weighted by atomic mass is 32.2. The second-order valence-corrected chi connectivity index (χ2v) is 10.9. The maximum Gasteiger partial charge on any atom is 0.305 e. The molecule has 0 spiro atoms.